The van der Waals surface area contributed by atoms with E-state index in [4.69, 9.17) is 4.98 Å². The molecule has 0 aromatic carbocycles. The Hall–Kier alpha value is -1.09. The van der Waals surface area contributed by atoms with Gasteiger partial charge in [-0.3, -0.25) is 0 Å². The van der Waals surface area contributed by atoms with Crippen LogP contribution in [0.5, 0.6) is 0 Å². The topological polar surface area (TPSA) is 28.2 Å². The van der Waals surface area contributed by atoms with Gasteiger partial charge in [0, 0.05) is 30.9 Å². The lowest BCUT2D eigenvalue weighted by molar-refractivity contribution is 0.424. The molecule has 1 N–H and O–H groups in total. The Morgan fingerprint density at radius 1 is 1.35 bits per heavy atom. The van der Waals surface area contributed by atoms with Crippen LogP contribution in [-0.2, 0) is 6.54 Å². The van der Waals surface area contributed by atoms with Gasteiger partial charge in [-0.25, -0.2) is 4.98 Å². The zero-order chi connectivity index (χ0) is 14.8. The second-order valence-electron chi connectivity index (χ2n) is 7.13. The van der Waals surface area contributed by atoms with Crippen molar-refractivity contribution < 1.29 is 0 Å². The molecule has 1 aromatic heterocycles. The number of aryl methyl sites for hydroxylation is 1. The second kappa shape index (κ2) is 6.13. The quantitative estimate of drug-likeness (QED) is 0.912. The summed E-state index contributed by atoms with van der Waals surface area (Å²) in [7, 11) is 0. The summed E-state index contributed by atoms with van der Waals surface area (Å²) in [6.45, 7) is 13.1. The van der Waals surface area contributed by atoms with E-state index in [1.54, 1.807) is 0 Å². The highest BCUT2D eigenvalue weighted by Gasteiger charge is 2.21. The van der Waals surface area contributed by atoms with Crippen molar-refractivity contribution in [3.05, 3.63) is 23.4 Å². The van der Waals surface area contributed by atoms with E-state index in [2.05, 4.69) is 50.9 Å². The maximum Gasteiger partial charge on any atom is 0.131 e. The van der Waals surface area contributed by atoms with E-state index in [0.717, 1.165) is 13.1 Å². The minimum atomic E-state index is 0.147. The van der Waals surface area contributed by atoms with E-state index < -0.39 is 0 Å². The zero-order valence-electron chi connectivity index (χ0n) is 13.7. The van der Waals surface area contributed by atoms with Crippen molar-refractivity contribution in [1.82, 2.24) is 10.3 Å². The van der Waals surface area contributed by atoms with E-state index in [0.29, 0.717) is 6.04 Å². The first kappa shape index (κ1) is 15.3. The number of rotatable bonds is 3. The fraction of sp³-hybridized carbons (Fsp3) is 0.706. The normalized spacial score (nSPS) is 20.2. The van der Waals surface area contributed by atoms with Gasteiger partial charge in [-0.2, -0.15) is 0 Å². The molecule has 0 amide bonds. The molecule has 112 valence electrons. The SMILES string of the molecule is Cc1cc(CNC(C)(C)C)cnc1N1CCCCC1C. The number of pyridine rings is 1. The molecule has 3 nitrogen and oxygen atoms in total. The van der Waals surface area contributed by atoms with Crippen molar-refractivity contribution in [3.8, 4) is 0 Å². The Kier molecular flexibility index (Phi) is 4.69. The molecule has 1 unspecified atom stereocenters. The summed E-state index contributed by atoms with van der Waals surface area (Å²) in [6.07, 6.45) is 5.96. The van der Waals surface area contributed by atoms with Gasteiger partial charge in [0.1, 0.15) is 5.82 Å². The molecule has 0 saturated carbocycles. The van der Waals surface area contributed by atoms with Gasteiger partial charge in [-0.15, -0.1) is 0 Å². The fourth-order valence-corrected chi connectivity index (χ4v) is 2.80. The first-order valence-electron chi connectivity index (χ1n) is 7.84. The zero-order valence-corrected chi connectivity index (χ0v) is 13.7. The maximum atomic E-state index is 4.74. The van der Waals surface area contributed by atoms with E-state index in [-0.39, 0.29) is 5.54 Å². The third-order valence-electron chi connectivity index (χ3n) is 4.01. The van der Waals surface area contributed by atoms with Crippen molar-refractivity contribution in [1.29, 1.82) is 0 Å². The second-order valence-corrected chi connectivity index (χ2v) is 7.13. The third-order valence-corrected chi connectivity index (χ3v) is 4.01. The minimum Gasteiger partial charge on any atom is -0.354 e. The van der Waals surface area contributed by atoms with Crippen molar-refractivity contribution in [2.45, 2.75) is 72.0 Å². The molecule has 1 aliphatic heterocycles. The standard InChI is InChI=1S/C17H29N3/c1-13-10-15(12-19-17(3,4)5)11-18-16(13)20-9-7-6-8-14(20)2/h10-11,14,19H,6-9,12H2,1-5H3. The molecular weight excluding hydrogens is 246 g/mol. The minimum absolute atomic E-state index is 0.147. The highest BCUT2D eigenvalue weighted by Crippen LogP contribution is 2.26. The number of nitrogens with one attached hydrogen (secondary N) is 1. The van der Waals surface area contributed by atoms with Crippen LogP contribution in [0.25, 0.3) is 0 Å². The van der Waals surface area contributed by atoms with Crippen LogP contribution in [-0.4, -0.2) is 23.1 Å². The molecule has 0 spiro atoms. The van der Waals surface area contributed by atoms with Gasteiger partial charge >= 0.3 is 0 Å². The summed E-state index contributed by atoms with van der Waals surface area (Å²) in [6, 6.07) is 2.90. The maximum absolute atomic E-state index is 4.74. The van der Waals surface area contributed by atoms with E-state index in [1.807, 2.05) is 6.20 Å². The number of aromatic nitrogens is 1. The molecule has 1 aromatic rings. The molecule has 2 heterocycles. The smallest absolute Gasteiger partial charge is 0.131 e. The molecule has 20 heavy (non-hydrogen) atoms. The predicted molar refractivity (Wildman–Crippen MR) is 86.2 cm³/mol. The van der Waals surface area contributed by atoms with Gasteiger partial charge in [-0.05, 0) is 71.1 Å². The number of nitrogens with zero attached hydrogens (tertiary/aromatic N) is 2. The number of hydrogen-bond acceptors (Lipinski definition) is 3. The van der Waals surface area contributed by atoms with Crippen LogP contribution in [0, 0.1) is 6.92 Å². The summed E-state index contributed by atoms with van der Waals surface area (Å²) in [5, 5.41) is 3.52. The number of anilines is 1. The molecular formula is C17H29N3. The van der Waals surface area contributed by atoms with E-state index >= 15 is 0 Å². The summed E-state index contributed by atoms with van der Waals surface area (Å²) in [5.41, 5.74) is 2.71. The first-order valence-corrected chi connectivity index (χ1v) is 7.84. The number of hydrogen-bond donors (Lipinski definition) is 1. The highest BCUT2D eigenvalue weighted by molar-refractivity contribution is 5.48. The first-order chi connectivity index (χ1) is 9.37. The Balaban J connectivity index is 2.09. The molecule has 0 bridgehead atoms. The summed E-state index contributed by atoms with van der Waals surface area (Å²) in [5.74, 6) is 1.18. The molecule has 1 fully saturated rings. The van der Waals surface area contributed by atoms with E-state index in [9.17, 15) is 0 Å². The van der Waals surface area contributed by atoms with Crippen molar-refractivity contribution in [2.75, 3.05) is 11.4 Å². The summed E-state index contributed by atoms with van der Waals surface area (Å²) >= 11 is 0. The summed E-state index contributed by atoms with van der Waals surface area (Å²) in [4.78, 5) is 7.21. The Bertz CT molecular complexity index is 448. The molecule has 1 saturated heterocycles. The average molecular weight is 275 g/mol. The van der Waals surface area contributed by atoms with E-state index in [1.165, 1.54) is 36.2 Å². The van der Waals surface area contributed by atoms with Crippen molar-refractivity contribution >= 4 is 5.82 Å². The molecule has 0 radical (unpaired) electrons. The fourth-order valence-electron chi connectivity index (χ4n) is 2.80. The summed E-state index contributed by atoms with van der Waals surface area (Å²) < 4.78 is 0. The van der Waals surface area contributed by atoms with Crippen LogP contribution >= 0.6 is 0 Å². The largest absolute Gasteiger partial charge is 0.354 e. The van der Waals surface area contributed by atoms with Crippen molar-refractivity contribution in [3.63, 3.8) is 0 Å². The van der Waals surface area contributed by atoms with Crippen LogP contribution in [0.2, 0.25) is 0 Å². The van der Waals surface area contributed by atoms with Gasteiger partial charge in [0.2, 0.25) is 0 Å². The predicted octanol–water partition coefficient (Wildman–Crippen LogP) is 3.66. The van der Waals surface area contributed by atoms with Gasteiger partial charge in [0.15, 0.2) is 0 Å². The van der Waals surface area contributed by atoms with Crippen LogP contribution in [0.3, 0.4) is 0 Å². The van der Waals surface area contributed by atoms with Crippen LogP contribution < -0.4 is 10.2 Å². The highest BCUT2D eigenvalue weighted by atomic mass is 15.2. The Labute approximate surface area is 123 Å². The van der Waals surface area contributed by atoms with Gasteiger partial charge in [0.05, 0.1) is 0 Å². The number of piperidine rings is 1. The monoisotopic (exact) mass is 275 g/mol. The van der Waals surface area contributed by atoms with Crippen LogP contribution in [0.15, 0.2) is 12.3 Å². The lowest BCUT2D eigenvalue weighted by atomic mass is 10.0. The lowest BCUT2D eigenvalue weighted by Gasteiger charge is -2.35. The van der Waals surface area contributed by atoms with Gasteiger partial charge in [0.25, 0.3) is 0 Å². The van der Waals surface area contributed by atoms with Crippen LogP contribution in [0.1, 0.15) is 58.1 Å². The Morgan fingerprint density at radius 2 is 2.10 bits per heavy atom. The molecule has 2 rings (SSSR count). The Morgan fingerprint density at radius 3 is 2.70 bits per heavy atom. The molecule has 0 aliphatic carbocycles. The van der Waals surface area contributed by atoms with Crippen LogP contribution in [0.4, 0.5) is 5.82 Å². The molecule has 1 atom stereocenters. The third kappa shape index (κ3) is 3.95. The average Bonchev–Trinajstić information content (AvgIpc) is 2.37. The van der Waals surface area contributed by atoms with Gasteiger partial charge < -0.3 is 10.2 Å². The van der Waals surface area contributed by atoms with Crippen molar-refractivity contribution in [2.24, 2.45) is 0 Å². The molecule has 3 heteroatoms. The van der Waals surface area contributed by atoms with Gasteiger partial charge in [-0.1, -0.05) is 0 Å². The lowest BCUT2D eigenvalue weighted by Crippen LogP contribution is -2.38. The molecule has 1 aliphatic rings.